The van der Waals surface area contributed by atoms with Gasteiger partial charge in [-0.15, -0.1) is 11.8 Å². The first-order chi connectivity index (χ1) is 12.5. The van der Waals surface area contributed by atoms with Gasteiger partial charge in [-0.05, 0) is 37.3 Å². The molecule has 2 aromatic carbocycles. The Morgan fingerprint density at radius 3 is 2.81 bits per heavy atom. The Hall–Kier alpha value is -1.73. The number of halogens is 2. The molecule has 2 unspecified atom stereocenters. The van der Waals surface area contributed by atoms with Crippen LogP contribution in [0.5, 0.6) is 11.5 Å². The molecule has 1 aliphatic rings. The van der Waals surface area contributed by atoms with Gasteiger partial charge in [0, 0.05) is 22.3 Å². The molecule has 1 aliphatic heterocycles. The van der Waals surface area contributed by atoms with Crippen LogP contribution in [0.3, 0.4) is 0 Å². The third-order valence-corrected chi connectivity index (χ3v) is 5.86. The summed E-state index contributed by atoms with van der Waals surface area (Å²) in [7, 11) is 1.61. The minimum atomic E-state index is -0.786. The van der Waals surface area contributed by atoms with Crippen molar-refractivity contribution in [2.24, 2.45) is 0 Å². The van der Waals surface area contributed by atoms with Gasteiger partial charge >= 0.3 is 0 Å². The highest BCUT2D eigenvalue weighted by atomic mass is 79.9. The summed E-state index contributed by atoms with van der Waals surface area (Å²) in [6.45, 7) is 2.25. The van der Waals surface area contributed by atoms with Crippen LogP contribution in [0.25, 0.3) is 0 Å². The van der Waals surface area contributed by atoms with Gasteiger partial charge in [-0.25, -0.2) is 4.39 Å². The number of carbonyl (C=O) groups excluding carboxylic acids is 1. The SMILES string of the molecule is COc1ccc(Br)cc1C1SCCN1C(=O)C(C)Oc1ccccc1F. The molecule has 7 heteroatoms. The number of amides is 1. The molecule has 26 heavy (non-hydrogen) atoms. The van der Waals surface area contributed by atoms with Gasteiger partial charge in [0.25, 0.3) is 5.91 Å². The van der Waals surface area contributed by atoms with Crippen molar-refractivity contribution >= 4 is 33.6 Å². The maximum atomic E-state index is 13.8. The van der Waals surface area contributed by atoms with Crippen LogP contribution >= 0.6 is 27.7 Å². The van der Waals surface area contributed by atoms with Crippen molar-refractivity contribution in [1.82, 2.24) is 4.90 Å². The van der Waals surface area contributed by atoms with Gasteiger partial charge in [0.05, 0.1) is 7.11 Å². The first kappa shape index (κ1) is 19.0. The highest BCUT2D eigenvalue weighted by Gasteiger charge is 2.35. The van der Waals surface area contributed by atoms with E-state index in [1.807, 2.05) is 18.2 Å². The average Bonchev–Trinajstić information content (AvgIpc) is 3.12. The first-order valence-electron chi connectivity index (χ1n) is 8.18. The molecule has 1 fully saturated rings. The summed E-state index contributed by atoms with van der Waals surface area (Å²) in [5.74, 6) is 0.974. The molecule has 0 bridgehead atoms. The fraction of sp³-hybridized carbons (Fsp3) is 0.316. The van der Waals surface area contributed by atoms with E-state index in [9.17, 15) is 9.18 Å². The van der Waals surface area contributed by atoms with E-state index in [-0.39, 0.29) is 17.0 Å². The van der Waals surface area contributed by atoms with Crippen LogP contribution in [0.2, 0.25) is 0 Å². The number of methoxy groups -OCH3 is 1. The lowest BCUT2D eigenvalue weighted by atomic mass is 10.1. The highest BCUT2D eigenvalue weighted by Crippen LogP contribution is 2.43. The lowest BCUT2D eigenvalue weighted by molar-refractivity contribution is -0.138. The second-order valence-corrected chi connectivity index (χ2v) is 7.94. The van der Waals surface area contributed by atoms with Crippen LogP contribution in [0, 0.1) is 5.82 Å². The highest BCUT2D eigenvalue weighted by molar-refractivity contribution is 9.10. The van der Waals surface area contributed by atoms with Gasteiger partial charge in [-0.1, -0.05) is 28.1 Å². The van der Waals surface area contributed by atoms with Crippen molar-refractivity contribution in [3.63, 3.8) is 0 Å². The van der Waals surface area contributed by atoms with E-state index >= 15 is 0 Å². The van der Waals surface area contributed by atoms with Crippen molar-refractivity contribution in [2.75, 3.05) is 19.4 Å². The third-order valence-electron chi connectivity index (χ3n) is 4.12. The zero-order chi connectivity index (χ0) is 18.7. The van der Waals surface area contributed by atoms with Gasteiger partial charge in [-0.3, -0.25) is 4.79 Å². The lowest BCUT2D eigenvalue weighted by Crippen LogP contribution is -2.40. The second kappa shape index (κ2) is 8.31. The smallest absolute Gasteiger partial charge is 0.264 e. The van der Waals surface area contributed by atoms with E-state index in [1.165, 1.54) is 12.1 Å². The summed E-state index contributed by atoms with van der Waals surface area (Å²) < 4.78 is 25.7. The molecule has 1 saturated heterocycles. The molecule has 0 spiro atoms. The summed E-state index contributed by atoms with van der Waals surface area (Å²) in [5.41, 5.74) is 0.927. The fourth-order valence-corrected chi connectivity index (χ4v) is 4.52. The van der Waals surface area contributed by atoms with Crippen molar-refractivity contribution < 1.29 is 18.7 Å². The van der Waals surface area contributed by atoms with Crippen LogP contribution in [-0.2, 0) is 4.79 Å². The van der Waals surface area contributed by atoms with Crippen LogP contribution < -0.4 is 9.47 Å². The molecule has 2 atom stereocenters. The minimum absolute atomic E-state index is 0.0804. The van der Waals surface area contributed by atoms with E-state index in [1.54, 1.807) is 42.8 Å². The molecule has 138 valence electrons. The molecule has 0 aliphatic carbocycles. The third kappa shape index (κ3) is 3.99. The molecule has 3 rings (SSSR count). The molecule has 2 aromatic rings. The quantitative estimate of drug-likeness (QED) is 0.679. The Morgan fingerprint density at radius 2 is 2.08 bits per heavy atom. The number of hydrogen-bond donors (Lipinski definition) is 0. The Bertz CT molecular complexity index is 804. The first-order valence-corrected chi connectivity index (χ1v) is 10.0. The predicted octanol–water partition coefficient (Wildman–Crippen LogP) is 4.64. The fourth-order valence-electron chi connectivity index (χ4n) is 2.87. The van der Waals surface area contributed by atoms with E-state index in [2.05, 4.69) is 15.9 Å². The lowest BCUT2D eigenvalue weighted by Gasteiger charge is -2.28. The number of thioether (sulfide) groups is 1. The molecule has 4 nitrogen and oxygen atoms in total. The number of nitrogens with zero attached hydrogens (tertiary/aromatic N) is 1. The normalized spacial score (nSPS) is 17.8. The summed E-state index contributed by atoms with van der Waals surface area (Å²) in [4.78, 5) is 14.7. The van der Waals surface area contributed by atoms with Crippen molar-refractivity contribution in [3.8, 4) is 11.5 Å². The van der Waals surface area contributed by atoms with Gasteiger partial charge in [0.1, 0.15) is 11.1 Å². The van der Waals surface area contributed by atoms with Crippen LogP contribution in [0.1, 0.15) is 17.9 Å². The number of ether oxygens (including phenoxy) is 2. The standard InChI is InChI=1S/C19H19BrFNO3S/c1-12(25-17-6-4-3-5-15(17)21)18(23)22-9-10-26-19(22)14-11-13(20)7-8-16(14)24-2/h3-8,11-12,19H,9-10H2,1-2H3. The number of rotatable bonds is 5. The molecule has 0 aromatic heterocycles. The number of para-hydroxylation sites is 1. The van der Waals surface area contributed by atoms with Crippen molar-refractivity contribution in [2.45, 2.75) is 18.4 Å². The average molecular weight is 440 g/mol. The number of carbonyl (C=O) groups is 1. The van der Waals surface area contributed by atoms with Crippen molar-refractivity contribution in [1.29, 1.82) is 0 Å². The Morgan fingerprint density at radius 1 is 1.31 bits per heavy atom. The van der Waals surface area contributed by atoms with E-state index in [4.69, 9.17) is 9.47 Å². The van der Waals surface area contributed by atoms with Crippen LogP contribution in [-0.4, -0.2) is 36.3 Å². The monoisotopic (exact) mass is 439 g/mol. The van der Waals surface area contributed by atoms with E-state index < -0.39 is 11.9 Å². The van der Waals surface area contributed by atoms with E-state index in [0.717, 1.165) is 21.5 Å². The van der Waals surface area contributed by atoms with E-state index in [0.29, 0.717) is 6.54 Å². The number of hydrogen-bond acceptors (Lipinski definition) is 4. The Kier molecular flexibility index (Phi) is 6.09. The zero-order valence-electron chi connectivity index (χ0n) is 14.4. The maximum Gasteiger partial charge on any atom is 0.264 e. The minimum Gasteiger partial charge on any atom is -0.496 e. The molecule has 0 N–H and O–H groups in total. The maximum absolute atomic E-state index is 13.8. The van der Waals surface area contributed by atoms with Gasteiger partial charge < -0.3 is 14.4 Å². The van der Waals surface area contributed by atoms with Gasteiger partial charge in [0.2, 0.25) is 0 Å². The zero-order valence-corrected chi connectivity index (χ0v) is 16.8. The number of benzene rings is 2. The van der Waals surface area contributed by atoms with Crippen molar-refractivity contribution in [3.05, 3.63) is 58.3 Å². The van der Waals surface area contributed by atoms with Crippen LogP contribution in [0.4, 0.5) is 4.39 Å². The molecular weight excluding hydrogens is 421 g/mol. The van der Waals surface area contributed by atoms with Gasteiger partial charge in [0.15, 0.2) is 17.7 Å². The molecular formula is C19H19BrFNO3S. The summed E-state index contributed by atoms with van der Waals surface area (Å²) >= 11 is 5.15. The predicted molar refractivity (Wildman–Crippen MR) is 104 cm³/mol. The molecule has 0 saturated carbocycles. The molecule has 0 radical (unpaired) electrons. The molecule has 1 amide bonds. The largest absolute Gasteiger partial charge is 0.496 e. The summed E-state index contributed by atoms with van der Waals surface area (Å²) in [6.07, 6.45) is -0.786. The van der Waals surface area contributed by atoms with Crippen LogP contribution in [0.15, 0.2) is 46.9 Å². The van der Waals surface area contributed by atoms with Gasteiger partial charge in [-0.2, -0.15) is 0 Å². The molecule has 1 heterocycles. The summed E-state index contributed by atoms with van der Waals surface area (Å²) in [5, 5.41) is -0.165. The Labute approximate surface area is 164 Å². The topological polar surface area (TPSA) is 38.8 Å². The Balaban J connectivity index is 1.80. The summed E-state index contributed by atoms with van der Waals surface area (Å²) in [6, 6.07) is 11.8. The second-order valence-electron chi connectivity index (χ2n) is 5.83.